The van der Waals surface area contributed by atoms with Crippen LogP contribution in [0.5, 0.6) is 0 Å². The summed E-state index contributed by atoms with van der Waals surface area (Å²) in [5.41, 5.74) is 1.83. The number of carbonyl (C=O) groups is 2. The largest absolute Gasteiger partial charge is 0.341 e. The van der Waals surface area contributed by atoms with E-state index in [4.69, 9.17) is 11.6 Å². The highest BCUT2D eigenvalue weighted by Gasteiger charge is 2.19. The fourth-order valence-electron chi connectivity index (χ4n) is 1.91. The maximum absolute atomic E-state index is 12.0. The van der Waals surface area contributed by atoms with Crippen LogP contribution in [0.3, 0.4) is 0 Å². The van der Waals surface area contributed by atoms with Gasteiger partial charge in [0.1, 0.15) is 0 Å². The van der Waals surface area contributed by atoms with E-state index in [-0.39, 0.29) is 5.91 Å². The lowest BCUT2D eigenvalue weighted by Crippen LogP contribution is -2.41. The summed E-state index contributed by atoms with van der Waals surface area (Å²) in [7, 11) is 1.45. The predicted octanol–water partition coefficient (Wildman–Crippen LogP) is 2.77. The van der Waals surface area contributed by atoms with E-state index in [1.54, 1.807) is 13.1 Å². The summed E-state index contributed by atoms with van der Waals surface area (Å²) in [4.78, 5) is 27.5. The molecule has 1 heterocycles. The third-order valence-electron chi connectivity index (χ3n) is 3.22. The van der Waals surface area contributed by atoms with Gasteiger partial charge in [-0.15, -0.1) is 0 Å². The number of nitrogens with one attached hydrogen (secondary N) is 2. The second-order valence-electron chi connectivity index (χ2n) is 4.79. The SMILES string of the molecule is CNC(=O)NC(=O)[C@@H](C)Sc1nccn1-c1cccc(Cl)c1C. The van der Waals surface area contributed by atoms with E-state index in [9.17, 15) is 9.59 Å². The normalized spacial score (nSPS) is 11.8. The molecule has 0 radical (unpaired) electrons. The van der Waals surface area contributed by atoms with Crippen LogP contribution in [0, 0.1) is 6.92 Å². The molecule has 3 amide bonds. The van der Waals surface area contributed by atoms with Gasteiger partial charge in [-0.1, -0.05) is 29.4 Å². The molecule has 0 fully saturated rings. The van der Waals surface area contributed by atoms with Crippen molar-refractivity contribution in [1.82, 2.24) is 20.2 Å². The van der Waals surface area contributed by atoms with Gasteiger partial charge in [-0.3, -0.25) is 14.7 Å². The van der Waals surface area contributed by atoms with E-state index in [0.717, 1.165) is 11.3 Å². The Kier molecular flexibility index (Phi) is 5.68. The van der Waals surface area contributed by atoms with Crippen molar-refractivity contribution in [3.63, 3.8) is 0 Å². The molecular formula is C15H17ClN4O2S. The zero-order valence-electron chi connectivity index (χ0n) is 13.0. The molecule has 0 bridgehead atoms. The Labute approximate surface area is 143 Å². The van der Waals surface area contributed by atoms with Crippen molar-refractivity contribution in [2.24, 2.45) is 0 Å². The first-order valence-corrected chi connectivity index (χ1v) is 8.18. The minimum atomic E-state index is -0.531. The number of rotatable bonds is 4. The first-order valence-electron chi connectivity index (χ1n) is 6.92. The highest BCUT2D eigenvalue weighted by Crippen LogP contribution is 2.28. The van der Waals surface area contributed by atoms with Gasteiger partial charge in [-0.05, 0) is 31.5 Å². The van der Waals surface area contributed by atoms with Crippen LogP contribution < -0.4 is 10.6 Å². The van der Waals surface area contributed by atoms with E-state index in [1.807, 2.05) is 35.9 Å². The molecule has 0 aliphatic heterocycles. The molecule has 0 aliphatic rings. The summed E-state index contributed by atoms with van der Waals surface area (Å²) in [5.74, 6) is -0.383. The standard InChI is InChI=1S/C15H17ClN4O2S/c1-9-11(16)5-4-6-12(9)20-8-7-18-15(20)23-10(2)13(21)19-14(22)17-3/h4-8,10H,1-3H3,(H2,17,19,21,22)/t10-/m1/s1. The molecule has 0 saturated carbocycles. The van der Waals surface area contributed by atoms with Crippen molar-refractivity contribution in [2.45, 2.75) is 24.3 Å². The average molecular weight is 353 g/mol. The molecule has 1 aromatic carbocycles. The summed E-state index contributed by atoms with van der Waals surface area (Å²) in [6, 6.07) is 5.09. The first kappa shape index (κ1) is 17.4. The Hall–Kier alpha value is -1.99. The maximum Gasteiger partial charge on any atom is 0.321 e. The van der Waals surface area contributed by atoms with Crippen LogP contribution in [0.25, 0.3) is 5.69 Å². The van der Waals surface area contributed by atoms with Crippen LogP contribution in [-0.4, -0.2) is 33.8 Å². The van der Waals surface area contributed by atoms with E-state index in [2.05, 4.69) is 15.6 Å². The van der Waals surface area contributed by atoms with Crippen LogP contribution in [-0.2, 0) is 4.79 Å². The van der Waals surface area contributed by atoms with Gasteiger partial charge in [0.15, 0.2) is 5.16 Å². The smallest absolute Gasteiger partial charge is 0.321 e. The number of benzene rings is 1. The summed E-state index contributed by atoms with van der Waals surface area (Å²) >= 11 is 7.43. The Morgan fingerprint density at radius 3 is 2.83 bits per heavy atom. The molecule has 6 nitrogen and oxygen atoms in total. The number of nitrogens with zero attached hydrogens (tertiary/aromatic N) is 2. The number of amides is 3. The number of carbonyl (C=O) groups excluding carboxylic acids is 2. The number of thioether (sulfide) groups is 1. The zero-order chi connectivity index (χ0) is 17.0. The van der Waals surface area contributed by atoms with Gasteiger partial charge in [0.05, 0.1) is 10.9 Å². The fraction of sp³-hybridized carbons (Fsp3) is 0.267. The van der Waals surface area contributed by atoms with Gasteiger partial charge in [0.2, 0.25) is 5.91 Å². The lowest BCUT2D eigenvalue weighted by molar-refractivity contribution is -0.119. The minimum absolute atomic E-state index is 0.383. The Morgan fingerprint density at radius 1 is 1.39 bits per heavy atom. The van der Waals surface area contributed by atoms with Crippen molar-refractivity contribution < 1.29 is 9.59 Å². The Balaban J connectivity index is 2.20. The molecular weight excluding hydrogens is 336 g/mol. The van der Waals surface area contributed by atoms with Crippen molar-refractivity contribution in [1.29, 1.82) is 0 Å². The lowest BCUT2D eigenvalue weighted by atomic mass is 10.2. The Morgan fingerprint density at radius 2 is 2.13 bits per heavy atom. The highest BCUT2D eigenvalue weighted by atomic mass is 35.5. The van der Waals surface area contributed by atoms with Crippen molar-refractivity contribution in [3.8, 4) is 5.69 Å². The molecule has 0 saturated heterocycles. The molecule has 0 spiro atoms. The fourth-order valence-corrected chi connectivity index (χ4v) is 2.95. The monoisotopic (exact) mass is 352 g/mol. The average Bonchev–Trinajstić information content (AvgIpc) is 2.97. The molecule has 23 heavy (non-hydrogen) atoms. The number of imide groups is 1. The van der Waals surface area contributed by atoms with Gasteiger partial charge < -0.3 is 5.32 Å². The van der Waals surface area contributed by atoms with Crippen LogP contribution in [0.2, 0.25) is 5.02 Å². The maximum atomic E-state index is 12.0. The first-order chi connectivity index (χ1) is 10.9. The van der Waals surface area contributed by atoms with Crippen molar-refractivity contribution in [2.75, 3.05) is 7.05 Å². The minimum Gasteiger partial charge on any atom is -0.341 e. The van der Waals surface area contributed by atoms with Gasteiger partial charge in [-0.2, -0.15) is 0 Å². The second kappa shape index (κ2) is 7.52. The number of urea groups is 1. The number of aromatic nitrogens is 2. The van der Waals surface area contributed by atoms with Gasteiger partial charge in [0.25, 0.3) is 0 Å². The quantitative estimate of drug-likeness (QED) is 0.829. The van der Waals surface area contributed by atoms with Crippen LogP contribution >= 0.6 is 23.4 Å². The van der Waals surface area contributed by atoms with E-state index in [0.29, 0.717) is 10.2 Å². The molecule has 2 N–H and O–H groups in total. The molecule has 8 heteroatoms. The summed E-state index contributed by atoms with van der Waals surface area (Å²) in [6.07, 6.45) is 3.47. The van der Waals surface area contributed by atoms with Crippen molar-refractivity contribution >= 4 is 35.3 Å². The van der Waals surface area contributed by atoms with Crippen LogP contribution in [0.1, 0.15) is 12.5 Å². The summed E-state index contributed by atoms with van der Waals surface area (Å²) < 4.78 is 1.87. The lowest BCUT2D eigenvalue weighted by Gasteiger charge is -2.14. The predicted molar refractivity (Wildman–Crippen MR) is 91.2 cm³/mol. The summed E-state index contributed by atoms with van der Waals surface area (Å²) in [6.45, 7) is 3.64. The topological polar surface area (TPSA) is 76.0 Å². The van der Waals surface area contributed by atoms with Crippen molar-refractivity contribution in [3.05, 3.63) is 41.2 Å². The Bertz CT molecular complexity index is 732. The molecule has 0 unspecified atom stereocenters. The second-order valence-corrected chi connectivity index (χ2v) is 6.51. The van der Waals surface area contributed by atoms with E-state index < -0.39 is 11.3 Å². The molecule has 1 aromatic heterocycles. The van der Waals surface area contributed by atoms with Gasteiger partial charge in [-0.25, -0.2) is 9.78 Å². The molecule has 2 aromatic rings. The zero-order valence-corrected chi connectivity index (χ0v) is 14.5. The number of imidazole rings is 1. The molecule has 0 aliphatic carbocycles. The molecule has 2 rings (SSSR count). The number of hydrogen-bond acceptors (Lipinski definition) is 4. The number of halogens is 1. The number of hydrogen-bond donors (Lipinski definition) is 2. The molecule has 122 valence electrons. The van der Waals surface area contributed by atoms with Gasteiger partial charge >= 0.3 is 6.03 Å². The van der Waals surface area contributed by atoms with E-state index >= 15 is 0 Å². The van der Waals surface area contributed by atoms with E-state index in [1.165, 1.54) is 18.8 Å². The summed E-state index contributed by atoms with van der Waals surface area (Å²) in [5, 5.41) is 5.43. The highest BCUT2D eigenvalue weighted by molar-refractivity contribution is 8.00. The van der Waals surface area contributed by atoms with Crippen LogP contribution in [0.4, 0.5) is 4.79 Å². The third-order valence-corrected chi connectivity index (χ3v) is 4.71. The molecule has 1 atom stereocenters. The third kappa shape index (κ3) is 4.05. The van der Waals surface area contributed by atoms with Crippen LogP contribution in [0.15, 0.2) is 35.7 Å². The van der Waals surface area contributed by atoms with Gasteiger partial charge in [0, 0.05) is 24.5 Å².